The van der Waals surface area contributed by atoms with E-state index in [-0.39, 0.29) is 0 Å². The zero-order valence-corrected chi connectivity index (χ0v) is 23.7. The second-order valence-corrected chi connectivity index (χ2v) is 11.7. The van der Waals surface area contributed by atoms with Crippen LogP contribution in [-0.2, 0) is 0 Å². The quantitative estimate of drug-likeness (QED) is 0.305. The van der Waals surface area contributed by atoms with E-state index in [4.69, 9.17) is 4.99 Å². The van der Waals surface area contributed by atoms with Crippen molar-refractivity contribution in [2.75, 3.05) is 0 Å². The zero-order chi connectivity index (χ0) is 27.1. The number of allylic oxidation sites excluding steroid dienone is 10. The Morgan fingerprint density at radius 3 is 2.17 bits per heavy atom. The van der Waals surface area contributed by atoms with Gasteiger partial charge in [0, 0.05) is 5.71 Å². The molecule has 1 atom stereocenters. The van der Waals surface area contributed by atoms with Crippen LogP contribution in [0.3, 0.4) is 0 Å². The highest BCUT2D eigenvalue weighted by Gasteiger charge is 2.24. The molecular formula is C39H37N. The molecule has 40 heavy (non-hydrogen) atoms. The third-order valence-corrected chi connectivity index (χ3v) is 9.22. The second kappa shape index (κ2) is 10.5. The third-order valence-electron chi connectivity index (χ3n) is 9.22. The summed E-state index contributed by atoms with van der Waals surface area (Å²) in [5.74, 6) is 0.654. The van der Waals surface area contributed by atoms with E-state index in [1.54, 1.807) is 0 Å². The van der Waals surface area contributed by atoms with E-state index in [9.17, 15) is 0 Å². The number of aliphatic imine (C=N–C) groups is 1. The Morgan fingerprint density at radius 1 is 0.750 bits per heavy atom. The van der Waals surface area contributed by atoms with Gasteiger partial charge < -0.3 is 0 Å². The third kappa shape index (κ3) is 4.48. The molecule has 4 aliphatic rings. The van der Waals surface area contributed by atoms with Crippen LogP contribution in [0.1, 0.15) is 68.6 Å². The number of para-hydroxylation sites is 1. The van der Waals surface area contributed by atoms with E-state index in [2.05, 4.69) is 111 Å². The maximum atomic E-state index is 4.99. The fourth-order valence-corrected chi connectivity index (χ4v) is 7.09. The fraction of sp³-hybridized carbons (Fsp3) is 0.256. The second-order valence-electron chi connectivity index (χ2n) is 11.7. The van der Waals surface area contributed by atoms with Gasteiger partial charge in [0.25, 0.3) is 0 Å². The van der Waals surface area contributed by atoms with E-state index in [1.165, 1.54) is 73.0 Å². The molecule has 0 amide bonds. The Labute approximate surface area is 238 Å². The van der Waals surface area contributed by atoms with Gasteiger partial charge in [-0.25, -0.2) is 0 Å². The summed E-state index contributed by atoms with van der Waals surface area (Å²) in [6.07, 6.45) is 27.1. The van der Waals surface area contributed by atoms with E-state index >= 15 is 0 Å². The molecule has 1 nitrogen and oxygen atoms in total. The number of benzene rings is 3. The predicted molar refractivity (Wildman–Crippen MR) is 173 cm³/mol. The molecule has 0 aromatic heterocycles. The maximum absolute atomic E-state index is 4.99. The van der Waals surface area contributed by atoms with Crippen LogP contribution in [0.25, 0.3) is 34.1 Å². The van der Waals surface area contributed by atoms with Crippen LogP contribution in [0.15, 0.2) is 101 Å². The van der Waals surface area contributed by atoms with Crippen LogP contribution in [0.4, 0.5) is 5.69 Å². The van der Waals surface area contributed by atoms with Crippen LogP contribution in [0.2, 0.25) is 0 Å². The van der Waals surface area contributed by atoms with E-state index in [0.29, 0.717) is 5.92 Å². The lowest BCUT2D eigenvalue weighted by atomic mass is 9.76. The van der Waals surface area contributed by atoms with Gasteiger partial charge in [-0.1, -0.05) is 91.1 Å². The van der Waals surface area contributed by atoms with Crippen molar-refractivity contribution in [1.82, 2.24) is 0 Å². The first-order chi connectivity index (χ1) is 19.7. The van der Waals surface area contributed by atoms with Crippen molar-refractivity contribution in [1.29, 1.82) is 0 Å². The SMILES string of the molecule is CC(=Nc1ccccc1C)C1=CC=C(c2c3c(c(C4=CC=C5C=CCCC5C4)c4ccccc24)=CCCC=3)CC1. The van der Waals surface area contributed by atoms with E-state index in [0.717, 1.165) is 43.5 Å². The first-order valence-electron chi connectivity index (χ1n) is 15.0. The van der Waals surface area contributed by atoms with Gasteiger partial charge >= 0.3 is 0 Å². The standard InChI is InChI=1S/C39H37N/c1-26-11-3-10-18-37(26)40-27(2)28-19-22-30(23-20-28)38-33-14-6-8-16-35(33)39(36-17-9-7-15-34(36)38)32-24-21-29-12-4-5-13-31(29)25-32/h3-4,6,8,10-12,14-19,21-22,24,31H,5,7,9,13,20,23,25H2,1-2H3. The van der Waals surface area contributed by atoms with Crippen molar-refractivity contribution in [3.05, 3.63) is 123 Å². The Balaban J connectivity index is 1.36. The minimum Gasteiger partial charge on any atom is -0.253 e. The molecule has 0 N–H and O–H groups in total. The molecular weight excluding hydrogens is 482 g/mol. The van der Waals surface area contributed by atoms with Gasteiger partial charge in [-0.05, 0) is 131 Å². The van der Waals surface area contributed by atoms with E-state index in [1.807, 2.05) is 0 Å². The summed E-state index contributed by atoms with van der Waals surface area (Å²) in [7, 11) is 0. The van der Waals surface area contributed by atoms with Crippen molar-refractivity contribution in [3.8, 4) is 0 Å². The average molecular weight is 520 g/mol. The van der Waals surface area contributed by atoms with Gasteiger partial charge in [-0.15, -0.1) is 0 Å². The molecule has 0 fully saturated rings. The molecule has 4 aliphatic carbocycles. The lowest BCUT2D eigenvalue weighted by Gasteiger charge is -2.28. The Hall–Kier alpha value is -3.97. The molecule has 0 heterocycles. The highest BCUT2D eigenvalue weighted by molar-refractivity contribution is 6.04. The average Bonchev–Trinajstić information content (AvgIpc) is 3.01. The maximum Gasteiger partial charge on any atom is 0.0662 e. The van der Waals surface area contributed by atoms with Crippen molar-refractivity contribution in [3.63, 3.8) is 0 Å². The van der Waals surface area contributed by atoms with Crippen molar-refractivity contribution < 1.29 is 0 Å². The van der Waals surface area contributed by atoms with Gasteiger partial charge in [0.15, 0.2) is 0 Å². The van der Waals surface area contributed by atoms with E-state index < -0.39 is 0 Å². The molecule has 1 unspecified atom stereocenters. The summed E-state index contributed by atoms with van der Waals surface area (Å²) in [6.45, 7) is 4.29. The van der Waals surface area contributed by atoms with Crippen molar-refractivity contribution in [2.45, 2.75) is 58.8 Å². The zero-order valence-electron chi connectivity index (χ0n) is 23.7. The lowest BCUT2D eigenvalue weighted by Crippen LogP contribution is -2.34. The highest BCUT2D eigenvalue weighted by Crippen LogP contribution is 2.39. The van der Waals surface area contributed by atoms with Crippen LogP contribution in [0, 0.1) is 12.8 Å². The number of hydrogen-bond acceptors (Lipinski definition) is 1. The van der Waals surface area contributed by atoms with Crippen molar-refractivity contribution in [2.24, 2.45) is 10.9 Å². The normalized spacial score (nSPS) is 20.4. The summed E-state index contributed by atoms with van der Waals surface area (Å²) in [5.41, 5.74) is 12.2. The van der Waals surface area contributed by atoms with Gasteiger partial charge in [0.05, 0.1) is 5.69 Å². The minimum absolute atomic E-state index is 0.654. The highest BCUT2D eigenvalue weighted by atomic mass is 14.7. The van der Waals surface area contributed by atoms with Crippen LogP contribution in [0.5, 0.6) is 0 Å². The number of rotatable bonds is 4. The monoisotopic (exact) mass is 519 g/mol. The molecule has 198 valence electrons. The van der Waals surface area contributed by atoms with Crippen LogP contribution >= 0.6 is 0 Å². The molecule has 3 aromatic carbocycles. The number of aryl methyl sites for hydroxylation is 1. The van der Waals surface area contributed by atoms with Gasteiger partial charge in [-0.3, -0.25) is 4.99 Å². The molecule has 7 rings (SSSR count). The summed E-state index contributed by atoms with van der Waals surface area (Å²) < 4.78 is 0. The van der Waals surface area contributed by atoms with Gasteiger partial charge in [0.1, 0.15) is 0 Å². The number of fused-ring (bicyclic) bond motifs is 3. The molecule has 0 radical (unpaired) electrons. The summed E-state index contributed by atoms with van der Waals surface area (Å²) >= 11 is 0. The Bertz CT molecular complexity index is 1830. The molecule has 0 bridgehead atoms. The Kier molecular flexibility index (Phi) is 6.60. The molecule has 0 spiro atoms. The topological polar surface area (TPSA) is 12.4 Å². The minimum atomic E-state index is 0.654. The van der Waals surface area contributed by atoms with Crippen LogP contribution < -0.4 is 10.4 Å². The Morgan fingerprint density at radius 2 is 1.45 bits per heavy atom. The molecule has 0 aliphatic heterocycles. The van der Waals surface area contributed by atoms with Gasteiger partial charge in [0.2, 0.25) is 0 Å². The summed E-state index contributed by atoms with van der Waals surface area (Å²) in [4.78, 5) is 4.99. The molecule has 0 saturated carbocycles. The summed E-state index contributed by atoms with van der Waals surface area (Å²) in [5, 5.41) is 5.72. The first kappa shape index (κ1) is 25.0. The van der Waals surface area contributed by atoms with Crippen molar-refractivity contribution >= 4 is 45.5 Å². The summed E-state index contributed by atoms with van der Waals surface area (Å²) in [6, 6.07) is 17.6. The van der Waals surface area contributed by atoms with Gasteiger partial charge in [-0.2, -0.15) is 0 Å². The predicted octanol–water partition coefficient (Wildman–Crippen LogP) is 9.08. The molecule has 1 heteroatoms. The first-order valence-corrected chi connectivity index (χ1v) is 15.0. The molecule has 3 aromatic rings. The smallest absolute Gasteiger partial charge is 0.0662 e. The molecule has 0 saturated heterocycles. The number of nitrogens with zero attached hydrogens (tertiary/aromatic N) is 1. The largest absolute Gasteiger partial charge is 0.253 e. The van der Waals surface area contributed by atoms with Crippen LogP contribution in [-0.4, -0.2) is 5.71 Å². The fourth-order valence-electron chi connectivity index (χ4n) is 7.09. The number of hydrogen-bond donors (Lipinski definition) is 0. The lowest BCUT2D eigenvalue weighted by molar-refractivity contribution is 0.573.